The molecular weight excluding hydrogens is 278 g/mol. The molecule has 0 spiro atoms. The van der Waals surface area contributed by atoms with Gasteiger partial charge in [0.25, 0.3) is 0 Å². The summed E-state index contributed by atoms with van der Waals surface area (Å²) in [4.78, 5) is 1.42. The van der Waals surface area contributed by atoms with Crippen LogP contribution < -0.4 is 10.1 Å². The van der Waals surface area contributed by atoms with Crippen molar-refractivity contribution in [3.05, 3.63) is 59.7 Å². The van der Waals surface area contributed by atoms with Crippen LogP contribution in [0.3, 0.4) is 0 Å². The van der Waals surface area contributed by atoms with Crippen LogP contribution in [0.15, 0.2) is 53.4 Å². The number of thioether (sulfide) groups is 1. The maximum atomic E-state index is 5.85. The van der Waals surface area contributed by atoms with E-state index < -0.39 is 0 Å². The summed E-state index contributed by atoms with van der Waals surface area (Å²) in [7, 11) is 0. The van der Waals surface area contributed by atoms with Crippen molar-refractivity contribution in [2.45, 2.75) is 24.3 Å². The Morgan fingerprint density at radius 1 is 1.14 bits per heavy atom. The lowest BCUT2D eigenvalue weighted by molar-refractivity contribution is 0.302. The summed E-state index contributed by atoms with van der Waals surface area (Å²) in [6, 6.07) is 17.3. The predicted octanol–water partition coefficient (Wildman–Crippen LogP) is 4.20. The highest BCUT2D eigenvalue weighted by atomic mass is 32.2. The zero-order valence-electron chi connectivity index (χ0n) is 12.3. The van der Waals surface area contributed by atoms with Crippen molar-refractivity contribution in [1.29, 1.82) is 0 Å². The molecule has 1 unspecified atom stereocenters. The molecule has 3 rings (SSSR count). The molecular formula is C18H21NOS. The van der Waals surface area contributed by atoms with Gasteiger partial charge in [0.15, 0.2) is 0 Å². The number of hydrogen-bond acceptors (Lipinski definition) is 3. The van der Waals surface area contributed by atoms with Crippen LogP contribution >= 0.6 is 11.8 Å². The van der Waals surface area contributed by atoms with E-state index in [0.717, 1.165) is 12.3 Å². The lowest BCUT2D eigenvalue weighted by Crippen LogP contribution is -2.28. The van der Waals surface area contributed by atoms with Gasteiger partial charge in [0.05, 0.1) is 0 Å². The number of ether oxygens (including phenoxy) is 1. The van der Waals surface area contributed by atoms with Gasteiger partial charge in [0.2, 0.25) is 0 Å². The van der Waals surface area contributed by atoms with E-state index in [1.807, 2.05) is 30.0 Å². The van der Waals surface area contributed by atoms with Crippen molar-refractivity contribution in [3.8, 4) is 5.75 Å². The van der Waals surface area contributed by atoms with E-state index in [1.54, 1.807) is 0 Å². The van der Waals surface area contributed by atoms with Gasteiger partial charge in [-0.1, -0.05) is 36.4 Å². The van der Waals surface area contributed by atoms with E-state index >= 15 is 0 Å². The Morgan fingerprint density at radius 3 is 2.86 bits per heavy atom. The molecule has 0 radical (unpaired) electrons. The summed E-state index contributed by atoms with van der Waals surface area (Å²) in [6.45, 7) is 3.66. The van der Waals surface area contributed by atoms with E-state index in [9.17, 15) is 0 Å². The van der Waals surface area contributed by atoms with Gasteiger partial charge in [0, 0.05) is 17.5 Å². The number of fused-ring (bicyclic) bond motifs is 1. The summed E-state index contributed by atoms with van der Waals surface area (Å²) >= 11 is 1.96. The molecule has 1 heterocycles. The third-order valence-corrected chi connectivity index (χ3v) is 4.93. The third kappa shape index (κ3) is 3.60. The fourth-order valence-corrected chi connectivity index (χ4v) is 3.79. The number of nitrogens with one attached hydrogen (secondary N) is 1. The molecule has 1 N–H and O–H groups in total. The zero-order valence-corrected chi connectivity index (χ0v) is 13.2. The summed E-state index contributed by atoms with van der Waals surface area (Å²) < 4.78 is 5.85. The molecule has 0 fully saturated rings. The van der Waals surface area contributed by atoms with Crippen LogP contribution in [0.1, 0.15) is 23.6 Å². The molecule has 1 atom stereocenters. The fourth-order valence-electron chi connectivity index (χ4n) is 2.67. The van der Waals surface area contributed by atoms with Crippen molar-refractivity contribution in [2.75, 3.05) is 18.9 Å². The molecule has 3 heteroatoms. The molecule has 2 nitrogen and oxygen atoms in total. The molecule has 0 amide bonds. The molecule has 0 saturated heterocycles. The van der Waals surface area contributed by atoms with Crippen molar-refractivity contribution in [1.82, 2.24) is 5.32 Å². The Labute approximate surface area is 130 Å². The van der Waals surface area contributed by atoms with E-state index in [-0.39, 0.29) is 0 Å². The Hall–Kier alpha value is -1.45. The first-order valence-electron chi connectivity index (χ1n) is 7.48. The van der Waals surface area contributed by atoms with Crippen LogP contribution in [-0.4, -0.2) is 18.9 Å². The average Bonchev–Trinajstić information content (AvgIpc) is 2.53. The zero-order chi connectivity index (χ0) is 14.5. The minimum Gasteiger partial charge on any atom is -0.492 e. The standard InChI is InChI=1S/C18H21NOS/c1-14-6-2-4-8-17(14)20-12-11-19-16-10-13-21-18-9-5-3-7-15(16)18/h2-9,16,19H,10-13H2,1H3. The fraction of sp³-hybridized carbons (Fsp3) is 0.333. The number of rotatable bonds is 5. The second-order valence-electron chi connectivity index (χ2n) is 5.30. The smallest absolute Gasteiger partial charge is 0.122 e. The van der Waals surface area contributed by atoms with Gasteiger partial charge < -0.3 is 10.1 Å². The Balaban J connectivity index is 1.52. The van der Waals surface area contributed by atoms with E-state index in [0.29, 0.717) is 12.6 Å². The van der Waals surface area contributed by atoms with Crippen LogP contribution in [0, 0.1) is 6.92 Å². The maximum Gasteiger partial charge on any atom is 0.122 e. The largest absolute Gasteiger partial charge is 0.492 e. The summed E-state index contributed by atoms with van der Waals surface area (Å²) in [5, 5.41) is 3.63. The van der Waals surface area contributed by atoms with Crippen LogP contribution in [0.4, 0.5) is 0 Å². The molecule has 1 aliphatic heterocycles. The monoisotopic (exact) mass is 299 g/mol. The molecule has 0 saturated carbocycles. The second kappa shape index (κ2) is 7.01. The summed E-state index contributed by atoms with van der Waals surface area (Å²) in [5.74, 6) is 2.17. The number of aryl methyl sites for hydroxylation is 1. The Morgan fingerprint density at radius 2 is 1.95 bits per heavy atom. The summed E-state index contributed by atoms with van der Waals surface area (Å²) in [5.41, 5.74) is 2.63. The maximum absolute atomic E-state index is 5.85. The van der Waals surface area contributed by atoms with Crippen LogP contribution in [0.25, 0.3) is 0 Å². The molecule has 0 aromatic heterocycles. The van der Waals surface area contributed by atoms with Gasteiger partial charge in [-0.3, -0.25) is 0 Å². The van der Waals surface area contributed by atoms with Gasteiger partial charge in [-0.2, -0.15) is 0 Å². The van der Waals surface area contributed by atoms with Crippen molar-refractivity contribution in [3.63, 3.8) is 0 Å². The Kier molecular flexibility index (Phi) is 4.84. The molecule has 0 bridgehead atoms. The topological polar surface area (TPSA) is 21.3 Å². The molecule has 21 heavy (non-hydrogen) atoms. The predicted molar refractivity (Wildman–Crippen MR) is 89.2 cm³/mol. The minimum absolute atomic E-state index is 0.461. The first-order chi connectivity index (χ1) is 10.3. The highest BCUT2D eigenvalue weighted by Gasteiger charge is 2.19. The van der Waals surface area contributed by atoms with Gasteiger partial charge in [0.1, 0.15) is 12.4 Å². The second-order valence-corrected chi connectivity index (χ2v) is 6.43. The normalized spacial score (nSPS) is 17.3. The van der Waals surface area contributed by atoms with Gasteiger partial charge in [-0.15, -0.1) is 11.8 Å². The van der Waals surface area contributed by atoms with E-state index in [2.05, 4.69) is 42.6 Å². The molecule has 2 aromatic carbocycles. The lowest BCUT2D eigenvalue weighted by atomic mass is 10.0. The number of benzene rings is 2. The van der Waals surface area contributed by atoms with Gasteiger partial charge in [-0.05, 0) is 42.4 Å². The third-order valence-electron chi connectivity index (χ3n) is 3.80. The molecule has 1 aliphatic rings. The number of hydrogen-bond donors (Lipinski definition) is 1. The van der Waals surface area contributed by atoms with E-state index in [1.165, 1.54) is 28.2 Å². The summed E-state index contributed by atoms with van der Waals surface area (Å²) in [6.07, 6.45) is 1.19. The first-order valence-corrected chi connectivity index (χ1v) is 8.47. The first kappa shape index (κ1) is 14.5. The van der Waals surface area contributed by atoms with Crippen molar-refractivity contribution >= 4 is 11.8 Å². The van der Waals surface area contributed by atoms with E-state index in [4.69, 9.17) is 4.74 Å². The van der Waals surface area contributed by atoms with Crippen LogP contribution in [-0.2, 0) is 0 Å². The molecule has 0 aliphatic carbocycles. The van der Waals surface area contributed by atoms with Crippen LogP contribution in [0.2, 0.25) is 0 Å². The van der Waals surface area contributed by atoms with Crippen LogP contribution in [0.5, 0.6) is 5.75 Å². The SMILES string of the molecule is Cc1ccccc1OCCNC1CCSc2ccccc21. The van der Waals surface area contributed by atoms with Gasteiger partial charge >= 0.3 is 0 Å². The molecule has 2 aromatic rings. The minimum atomic E-state index is 0.461. The van der Waals surface area contributed by atoms with Crippen molar-refractivity contribution < 1.29 is 4.74 Å². The molecule has 110 valence electrons. The van der Waals surface area contributed by atoms with Gasteiger partial charge in [-0.25, -0.2) is 0 Å². The highest BCUT2D eigenvalue weighted by molar-refractivity contribution is 7.99. The van der Waals surface area contributed by atoms with Crippen molar-refractivity contribution in [2.24, 2.45) is 0 Å². The average molecular weight is 299 g/mol. The number of para-hydroxylation sites is 1. The highest BCUT2D eigenvalue weighted by Crippen LogP contribution is 2.35. The lowest BCUT2D eigenvalue weighted by Gasteiger charge is -2.26. The Bertz CT molecular complexity index is 599. The quantitative estimate of drug-likeness (QED) is 0.836.